The van der Waals surface area contributed by atoms with Gasteiger partial charge in [0.25, 0.3) is 5.91 Å². The zero-order valence-electron chi connectivity index (χ0n) is 16.2. The minimum atomic E-state index is -1.22. The fourth-order valence-corrected chi connectivity index (χ4v) is 3.02. The molecule has 2 aromatic heterocycles. The molecule has 3 aromatic rings. The number of rotatable bonds is 6. The van der Waals surface area contributed by atoms with Crippen molar-refractivity contribution in [1.82, 2.24) is 15.0 Å². The highest BCUT2D eigenvalue weighted by Crippen LogP contribution is 2.22. The second-order valence-electron chi connectivity index (χ2n) is 6.48. The van der Waals surface area contributed by atoms with Crippen molar-refractivity contribution in [3.63, 3.8) is 0 Å². The normalized spacial score (nSPS) is 10.9. The molecular weight excluding hydrogens is 388 g/mol. The van der Waals surface area contributed by atoms with E-state index in [9.17, 15) is 24.6 Å². The summed E-state index contributed by atoms with van der Waals surface area (Å²) in [6.07, 6.45) is 4.45. The summed E-state index contributed by atoms with van der Waals surface area (Å²) < 4.78 is 1.73. The molecule has 0 radical (unpaired) electrons. The van der Waals surface area contributed by atoms with Crippen molar-refractivity contribution >= 4 is 24.1 Å². The molecule has 0 atom stereocenters. The number of aromatic carboxylic acids is 2. The first-order chi connectivity index (χ1) is 14.3. The first kappa shape index (κ1) is 20.5. The van der Waals surface area contributed by atoms with Gasteiger partial charge in [0.05, 0.1) is 22.9 Å². The van der Waals surface area contributed by atoms with Crippen LogP contribution in [0.4, 0.5) is 0 Å². The van der Waals surface area contributed by atoms with E-state index in [2.05, 4.69) is 15.5 Å². The molecule has 9 heteroatoms. The number of hydrazone groups is 1. The van der Waals surface area contributed by atoms with E-state index in [1.807, 2.05) is 0 Å². The van der Waals surface area contributed by atoms with E-state index in [4.69, 9.17) is 0 Å². The molecular formula is C21H18N4O5. The van der Waals surface area contributed by atoms with E-state index < -0.39 is 17.8 Å². The smallest absolute Gasteiger partial charge is 0.335 e. The van der Waals surface area contributed by atoms with Crippen LogP contribution >= 0.6 is 0 Å². The third-order valence-electron chi connectivity index (χ3n) is 4.43. The molecule has 0 aliphatic carbocycles. The molecule has 3 N–H and O–H groups in total. The lowest BCUT2D eigenvalue weighted by molar-refractivity contribution is 0.0696. The van der Waals surface area contributed by atoms with Crippen molar-refractivity contribution in [2.75, 3.05) is 0 Å². The Labute approximate surface area is 171 Å². The van der Waals surface area contributed by atoms with Crippen LogP contribution in [0.3, 0.4) is 0 Å². The topological polar surface area (TPSA) is 134 Å². The number of hydrogen-bond acceptors (Lipinski definition) is 5. The van der Waals surface area contributed by atoms with Gasteiger partial charge in [0.15, 0.2) is 0 Å². The van der Waals surface area contributed by atoms with Gasteiger partial charge in [-0.25, -0.2) is 15.0 Å². The van der Waals surface area contributed by atoms with Gasteiger partial charge in [-0.05, 0) is 50.2 Å². The van der Waals surface area contributed by atoms with E-state index in [1.54, 1.807) is 42.8 Å². The van der Waals surface area contributed by atoms with E-state index in [-0.39, 0.29) is 11.1 Å². The van der Waals surface area contributed by atoms with Gasteiger partial charge in [0, 0.05) is 35.0 Å². The summed E-state index contributed by atoms with van der Waals surface area (Å²) in [4.78, 5) is 38.7. The van der Waals surface area contributed by atoms with Gasteiger partial charge in [-0.2, -0.15) is 5.10 Å². The number of aryl methyl sites for hydroxylation is 1. The Bertz CT molecular complexity index is 1130. The van der Waals surface area contributed by atoms with Crippen LogP contribution in [0.5, 0.6) is 0 Å². The van der Waals surface area contributed by atoms with Gasteiger partial charge < -0.3 is 14.8 Å². The first-order valence-electron chi connectivity index (χ1n) is 8.82. The molecule has 0 unspecified atom stereocenters. The van der Waals surface area contributed by atoms with Crippen molar-refractivity contribution in [2.45, 2.75) is 13.8 Å². The monoisotopic (exact) mass is 406 g/mol. The van der Waals surface area contributed by atoms with Gasteiger partial charge >= 0.3 is 11.9 Å². The summed E-state index contributed by atoms with van der Waals surface area (Å²) in [5, 5.41) is 22.6. The van der Waals surface area contributed by atoms with Gasteiger partial charge in [0.1, 0.15) is 0 Å². The third kappa shape index (κ3) is 4.25. The Morgan fingerprint density at radius 1 is 1.03 bits per heavy atom. The fraction of sp³-hybridized carbons (Fsp3) is 0.0952. The molecule has 9 nitrogen and oxygen atoms in total. The number of benzene rings is 1. The van der Waals surface area contributed by atoms with E-state index in [0.717, 1.165) is 11.8 Å². The minimum absolute atomic E-state index is 0.128. The summed E-state index contributed by atoms with van der Waals surface area (Å²) >= 11 is 0. The third-order valence-corrected chi connectivity index (χ3v) is 4.43. The predicted octanol–water partition coefficient (Wildman–Crippen LogP) is 2.65. The maximum Gasteiger partial charge on any atom is 0.335 e. The summed E-state index contributed by atoms with van der Waals surface area (Å²) in [7, 11) is 0. The Kier molecular flexibility index (Phi) is 5.73. The maximum atomic E-state index is 12.0. The van der Waals surface area contributed by atoms with Crippen LogP contribution in [0.2, 0.25) is 0 Å². The SMILES string of the molecule is Cc1cc(C=NNC(=O)c2cccnc2)c(C)n1-c1cc(C(=O)O)cc(C(=O)O)c1. The molecule has 0 fully saturated rings. The van der Waals surface area contributed by atoms with Crippen molar-refractivity contribution in [3.8, 4) is 5.69 Å². The first-order valence-corrected chi connectivity index (χ1v) is 8.82. The Hall–Kier alpha value is -4.27. The van der Waals surface area contributed by atoms with Crippen molar-refractivity contribution < 1.29 is 24.6 Å². The highest BCUT2D eigenvalue weighted by atomic mass is 16.4. The molecule has 1 aromatic carbocycles. The maximum absolute atomic E-state index is 12.0. The zero-order valence-corrected chi connectivity index (χ0v) is 16.2. The standard InChI is InChI=1S/C21H18N4O5/c1-12-6-17(11-23-24-19(26)14-4-3-5-22-10-14)13(2)25(12)18-8-15(20(27)28)7-16(9-18)21(29)30/h3-11H,1-2H3,(H,24,26)(H,27,28)(H,29,30). The highest BCUT2D eigenvalue weighted by Gasteiger charge is 2.16. The molecule has 0 saturated heterocycles. The fourth-order valence-electron chi connectivity index (χ4n) is 3.02. The van der Waals surface area contributed by atoms with Crippen molar-refractivity contribution in [1.29, 1.82) is 0 Å². The molecule has 3 rings (SSSR count). The largest absolute Gasteiger partial charge is 0.478 e. The molecule has 1 amide bonds. The van der Waals surface area contributed by atoms with Gasteiger partial charge in [-0.3, -0.25) is 9.78 Å². The molecule has 0 aliphatic rings. The van der Waals surface area contributed by atoms with Gasteiger partial charge in [-0.15, -0.1) is 0 Å². The van der Waals surface area contributed by atoms with Crippen LogP contribution < -0.4 is 5.43 Å². The number of nitrogens with zero attached hydrogens (tertiary/aromatic N) is 3. The lowest BCUT2D eigenvalue weighted by Crippen LogP contribution is -2.17. The van der Waals surface area contributed by atoms with Crippen molar-refractivity contribution in [2.24, 2.45) is 5.10 Å². The summed E-state index contributed by atoms with van der Waals surface area (Å²) in [5.41, 5.74) is 5.05. The van der Waals surface area contributed by atoms with Crippen LogP contribution in [0, 0.1) is 13.8 Å². The molecule has 0 saturated carbocycles. The summed E-state index contributed by atoms with van der Waals surface area (Å²) in [6, 6.07) is 8.96. The molecule has 0 bridgehead atoms. The lowest BCUT2D eigenvalue weighted by Gasteiger charge is -2.12. The average Bonchev–Trinajstić information content (AvgIpc) is 3.01. The lowest BCUT2D eigenvalue weighted by atomic mass is 10.1. The Balaban J connectivity index is 1.92. The number of pyridine rings is 1. The van der Waals surface area contributed by atoms with Crippen LogP contribution in [-0.4, -0.2) is 43.8 Å². The number of aromatic nitrogens is 2. The second kappa shape index (κ2) is 8.39. The van der Waals surface area contributed by atoms with E-state index in [0.29, 0.717) is 22.5 Å². The molecule has 2 heterocycles. The average molecular weight is 406 g/mol. The van der Waals surface area contributed by atoms with E-state index in [1.165, 1.54) is 24.5 Å². The number of hydrogen-bond donors (Lipinski definition) is 3. The number of carboxylic acid groups (broad SMARTS) is 2. The number of carbonyl (C=O) groups excluding carboxylic acids is 1. The highest BCUT2D eigenvalue weighted by molar-refractivity contribution is 5.95. The predicted molar refractivity (Wildman–Crippen MR) is 108 cm³/mol. The van der Waals surface area contributed by atoms with E-state index >= 15 is 0 Å². The van der Waals surface area contributed by atoms with Gasteiger partial charge in [-0.1, -0.05) is 0 Å². The molecule has 30 heavy (non-hydrogen) atoms. The van der Waals surface area contributed by atoms with Crippen molar-refractivity contribution in [3.05, 3.63) is 82.4 Å². The minimum Gasteiger partial charge on any atom is -0.478 e. The van der Waals surface area contributed by atoms with Gasteiger partial charge in [0.2, 0.25) is 0 Å². The number of nitrogens with one attached hydrogen (secondary N) is 1. The number of carboxylic acids is 2. The number of carbonyl (C=O) groups is 3. The Morgan fingerprint density at radius 2 is 1.70 bits per heavy atom. The zero-order chi connectivity index (χ0) is 21.8. The summed E-state index contributed by atoms with van der Waals surface area (Å²) in [5.74, 6) is -2.85. The Morgan fingerprint density at radius 3 is 2.27 bits per heavy atom. The second-order valence-corrected chi connectivity index (χ2v) is 6.48. The molecule has 152 valence electrons. The van der Waals surface area contributed by atoms with Crippen LogP contribution in [0.25, 0.3) is 5.69 Å². The van der Waals surface area contributed by atoms with Crippen LogP contribution in [-0.2, 0) is 0 Å². The quantitative estimate of drug-likeness (QED) is 0.426. The number of amides is 1. The summed E-state index contributed by atoms with van der Waals surface area (Å²) in [6.45, 7) is 3.58. The molecule has 0 aliphatic heterocycles. The van der Waals surface area contributed by atoms with Crippen LogP contribution in [0.1, 0.15) is 48.0 Å². The molecule has 0 spiro atoms. The van der Waals surface area contributed by atoms with Crippen LogP contribution in [0.15, 0.2) is 53.9 Å².